The van der Waals surface area contributed by atoms with Gasteiger partial charge in [-0.3, -0.25) is 0 Å². The molecule has 2 aromatic carbocycles. The molecular weight excluding hydrogens is 398 g/mol. The van der Waals surface area contributed by atoms with Gasteiger partial charge in [-0.15, -0.1) is 0 Å². The van der Waals surface area contributed by atoms with Gasteiger partial charge in [-0.25, -0.2) is 14.6 Å². The van der Waals surface area contributed by atoms with Crippen LogP contribution in [0, 0.1) is 0 Å². The second-order valence-corrected chi connectivity index (χ2v) is 6.29. The number of carbonyl (C=O) groups is 2. The molecule has 1 heterocycles. The second-order valence-electron chi connectivity index (χ2n) is 5.85. The van der Waals surface area contributed by atoms with Gasteiger partial charge in [0.25, 0.3) is 0 Å². The van der Waals surface area contributed by atoms with E-state index in [0.29, 0.717) is 6.54 Å². The van der Waals surface area contributed by atoms with Crippen LogP contribution in [0.4, 0.5) is 5.95 Å². The van der Waals surface area contributed by atoms with Gasteiger partial charge in [0.15, 0.2) is 0 Å². The number of hydrogen-bond donors (Lipinski definition) is 3. The van der Waals surface area contributed by atoms with Crippen LogP contribution < -0.4 is 10.1 Å². The van der Waals surface area contributed by atoms with Crippen molar-refractivity contribution in [2.24, 2.45) is 7.05 Å². The van der Waals surface area contributed by atoms with Crippen LogP contribution in [-0.2, 0) is 23.2 Å². The Labute approximate surface area is 172 Å². The minimum Gasteiger partial charge on any atom is -0.497 e. The fourth-order valence-corrected chi connectivity index (χ4v) is 2.64. The molecule has 0 saturated carbocycles. The zero-order valence-electron chi connectivity index (χ0n) is 15.8. The van der Waals surface area contributed by atoms with Crippen molar-refractivity contribution in [2.45, 2.75) is 6.54 Å². The number of imidazole rings is 1. The molecule has 0 spiro atoms. The molecule has 0 aliphatic heterocycles. The van der Waals surface area contributed by atoms with Gasteiger partial charge in [0.05, 0.1) is 19.0 Å². The van der Waals surface area contributed by atoms with Gasteiger partial charge < -0.3 is 24.8 Å². The van der Waals surface area contributed by atoms with Crippen LogP contribution >= 0.6 is 11.6 Å². The van der Waals surface area contributed by atoms with E-state index in [1.54, 1.807) is 7.11 Å². The quantitative estimate of drug-likeness (QED) is 0.544. The molecule has 1 aromatic heterocycles. The van der Waals surface area contributed by atoms with Gasteiger partial charge >= 0.3 is 11.9 Å². The number of nitrogens with zero attached hydrogens (tertiary/aromatic N) is 2. The van der Waals surface area contributed by atoms with E-state index in [9.17, 15) is 0 Å². The molecule has 0 radical (unpaired) electrons. The van der Waals surface area contributed by atoms with Crippen molar-refractivity contribution in [1.29, 1.82) is 0 Å². The largest absolute Gasteiger partial charge is 0.497 e. The number of aliphatic carboxylic acids is 2. The van der Waals surface area contributed by atoms with Crippen LogP contribution in [0.1, 0.15) is 5.56 Å². The molecule has 0 atom stereocenters. The fourth-order valence-electron chi connectivity index (χ4n) is 2.45. The molecule has 0 aliphatic rings. The summed E-state index contributed by atoms with van der Waals surface area (Å²) in [4.78, 5) is 22.7. The molecule has 8 nitrogen and oxygen atoms in total. The highest BCUT2D eigenvalue weighted by molar-refractivity contribution is 6.30. The minimum absolute atomic E-state index is 0.678. The zero-order valence-corrected chi connectivity index (χ0v) is 16.6. The van der Waals surface area contributed by atoms with Crippen molar-refractivity contribution in [3.63, 3.8) is 0 Å². The third-order valence-electron chi connectivity index (χ3n) is 3.88. The number of carboxylic acids is 2. The lowest BCUT2D eigenvalue weighted by Gasteiger charge is -2.09. The summed E-state index contributed by atoms with van der Waals surface area (Å²) < 4.78 is 7.26. The highest BCUT2D eigenvalue weighted by Gasteiger charge is 2.09. The number of carboxylic acid groups (broad SMARTS) is 2. The Morgan fingerprint density at radius 1 is 1.14 bits per heavy atom. The molecule has 0 amide bonds. The minimum atomic E-state index is -1.82. The molecule has 0 saturated heterocycles. The van der Waals surface area contributed by atoms with Crippen LogP contribution in [0.2, 0.25) is 5.02 Å². The Morgan fingerprint density at radius 2 is 1.83 bits per heavy atom. The fraction of sp³-hybridized carbons (Fsp3) is 0.150. The number of rotatable bonds is 5. The summed E-state index contributed by atoms with van der Waals surface area (Å²) in [5.41, 5.74) is 3.19. The van der Waals surface area contributed by atoms with E-state index < -0.39 is 11.9 Å². The molecule has 0 unspecified atom stereocenters. The molecular formula is C20H20ClN3O5. The Kier molecular flexibility index (Phi) is 7.62. The number of hydrogen-bond acceptors (Lipinski definition) is 5. The topological polar surface area (TPSA) is 114 Å². The van der Waals surface area contributed by atoms with Gasteiger partial charge in [-0.2, -0.15) is 0 Å². The maximum atomic E-state index is 9.10. The van der Waals surface area contributed by atoms with Crippen molar-refractivity contribution in [1.82, 2.24) is 9.55 Å². The summed E-state index contributed by atoms with van der Waals surface area (Å²) in [6.45, 7) is 0.678. The Hall–Kier alpha value is -3.52. The van der Waals surface area contributed by atoms with E-state index in [1.165, 1.54) is 0 Å². The summed E-state index contributed by atoms with van der Waals surface area (Å²) in [6, 6.07) is 15.7. The van der Waals surface area contributed by atoms with Crippen LogP contribution in [0.5, 0.6) is 5.75 Å². The van der Waals surface area contributed by atoms with Crippen LogP contribution in [0.25, 0.3) is 11.3 Å². The summed E-state index contributed by atoms with van der Waals surface area (Å²) in [7, 11) is 3.65. The summed E-state index contributed by atoms with van der Waals surface area (Å²) in [6.07, 6.45) is 1.85. The first kappa shape index (κ1) is 21.8. The highest BCUT2D eigenvalue weighted by Crippen LogP contribution is 2.24. The van der Waals surface area contributed by atoms with Crippen molar-refractivity contribution in [3.8, 4) is 17.0 Å². The zero-order chi connectivity index (χ0) is 21.4. The predicted molar refractivity (Wildman–Crippen MR) is 109 cm³/mol. The monoisotopic (exact) mass is 417 g/mol. The third kappa shape index (κ3) is 6.25. The lowest BCUT2D eigenvalue weighted by atomic mass is 10.2. The molecule has 3 aromatic rings. The van der Waals surface area contributed by atoms with E-state index >= 15 is 0 Å². The number of anilines is 1. The number of halogens is 1. The maximum absolute atomic E-state index is 9.10. The van der Waals surface area contributed by atoms with Gasteiger partial charge in [-0.05, 0) is 29.8 Å². The third-order valence-corrected chi connectivity index (χ3v) is 4.11. The van der Waals surface area contributed by atoms with E-state index in [0.717, 1.165) is 33.5 Å². The van der Waals surface area contributed by atoms with E-state index in [2.05, 4.69) is 16.4 Å². The molecule has 0 fully saturated rings. The molecule has 0 bridgehead atoms. The molecule has 29 heavy (non-hydrogen) atoms. The van der Waals surface area contributed by atoms with E-state index in [4.69, 9.17) is 36.1 Å². The number of methoxy groups -OCH3 is 1. The first-order chi connectivity index (χ1) is 13.8. The number of ether oxygens (including phenoxy) is 1. The number of nitrogens with one attached hydrogen (secondary N) is 1. The summed E-state index contributed by atoms with van der Waals surface area (Å²) in [5, 5.41) is 18.8. The molecule has 3 N–H and O–H groups in total. The standard InChI is InChI=1S/C18H18ClN3O.C2H2O4/c1-22-17(14-6-4-7-15(19)10-14)12-21-18(22)20-11-13-5-3-8-16(9-13)23-2;3-1(4)2(5)6/h3-10,12H,11H2,1-2H3,(H,20,21);(H,3,4)(H,5,6). The highest BCUT2D eigenvalue weighted by atomic mass is 35.5. The van der Waals surface area contributed by atoms with Crippen LogP contribution in [-0.4, -0.2) is 38.8 Å². The summed E-state index contributed by atoms with van der Waals surface area (Å²) in [5.74, 6) is -1.99. The van der Waals surface area contributed by atoms with Gasteiger partial charge in [0.2, 0.25) is 5.95 Å². The Balaban J connectivity index is 0.000000438. The average Bonchev–Trinajstić information content (AvgIpc) is 3.07. The Morgan fingerprint density at radius 3 is 2.45 bits per heavy atom. The molecule has 0 aliphatic carbocycles. The van der Waals surface area contributed by atoms with Crippen molar-refractivity contribution >= 4 is 29.5 Å². The second kappa shape index (κ2) is 10.1. The first-order valence-corrected chi connectivity index (χ1v) is 8.80. The lowest BCUT2D eigenvalue weighted by molar-refractivity contribution is -0.159. The van der Waals surface area contributed by atoms with Crippen molar-refractivity contribution in [3.05, 3.63) is 65.3 Å². The molecule has 9 heteroatoms. The normalized spacial score (nSPS) is 9.90. The number of aromatic nitrogens is 2. The number of benzene rings is 2. The van der Waals surface area contributed by atoms with Crippen LogP contribution in [0.3, 0.4) is 0 Å². The van der Waals surface area contributed by atoms with Gasteiger partial charge in [0, 0.05) is 24.2 Å². The predicted octanol–water partition coefficient (Wildman–Crippen LogP) is 3.52. The Bertz CT molecular complexity index is 991. The van der Waals surface area contributed by atoms with Crippen molar-refractivity contribution in [2.75, 3.05) is 12.4 Å². The SMILES string of the molecule is COc1cccc(CNc2ncc(-c3cccc(Cl)c3)n2C)c1.O=C(O)C(=O)O. The summed E-state index contributed by atoms with van der Waals surface area (Å²) >= 11 is 6.07. The molecule has 3 rings (SSSR count). The average molecular weight is 418 g/mol. The maximum Gasteiger partial charge on any atom is 0.414 e. The van der Waals surface area contributed by atoms with E-state index in [1.807, 2.05) is 60.3 Å². The van der Waals surface area contributed by atoms with Gasteiger partial charge in [-0.1, -0.05) is 35.9 Å². The van der Waals surface area contributed by atoms with Gasteiger partial charge in [0.1, 0.15) is 5.75 Å². The smallest absolute Gasteiger partial charge is 0.414 e. The van der Waals surface area contributed by atoms with Crippen LogP contribution in [0.15, 0.2) is 54.7 Å². The van der Waals surface area contributed by atoms with E-state index in [-0.39, 0.29) is 0 Å². The lowest BCUT2D eigenvalue weighted by Crippen LogP contribution is -2.09. The first-order valence-electron chi connectivity index (χ1n) is 8.42. The van der Waals surface area contributed by atoms with Crippen molar-refractivity contribution < 1.29 is 24.5 Å². The molecule has 152 valence electrons.